The number of hydrogen-bond donors (Lipinski definition) is 1. The molecule has 0 unspecified atom stereocenters. The number of nitrogens with zero attached hydrogens (tertiary/aromatic N) is 2. The van der Waals surface area contributed by atoms with Gasteiger partial charge in [-0.25, -0.2) is 9.69 Å². The standard InChI is InChI=1S/C9H6F3NO2.C8H4F3NO2.C3H7I.HIXe/c1-13-6-3-4-7(14-2)8(5-6)15-9(10,11)12;1-12-5-2-3-6(13)7(4-5)14-8(9,10)11;1-2-3-4;1-2/h3-5H,2H3;2-4,13H;2-3H2,1H3;2H. The van der Waals surface area contributed by atoms with Crippen LogP contribution in [0.5, 0.6) is 23.0 Å². The van der Waals surface area contributed by atoms with Crippen molar-refractivity contribution in [1.29, 1.82) is 0 Å². The first-order valence-electron chi connectivity index (χ1n) is 8.77. The van der Waals surface area contributed by atoms with Gasteiger partial charge < -0.3 is 19.3 Å². The second-order valence-electron chi connectivity index (χ2n) is 5.50. The van der Waals surface area contributed by atoms with Crippen molar-refractivity contribution in [2.75, 3.05) is 11.5 Å². The zero-order valence-electron chi connectivity index (χ0n) is 17.8. The van der Waals surface area contributed by atoms with Gasteiger partial charge in [-0.15, -0.1) is 26.3 Å². The van der Waals surface area contributed by atoms with Gasteiger partial charge in [0.05, 0.1) is 20.3 Å². The van der Waals surface area contributed by atoms with E-state index < -0.39 is 30.0 Å². The molecule has 0 radical (unpaired) electrons. The number of phenolic OH excluding ortho intramolecular Hbond substituents is 1. The monoisotopic (exact) mass is 850 g/mol. The van der Waals surface area contributed by atoms with E-state index in [4.69, 9.17) is 18.3 Å². The molecule has 2 aromatic rings. The fraction of sp³-hybridized carbons (Fsp3) is 0.300. The molecular weight excluding hydrogens is 831 g/mol. The summed E-state index contributed by atoms with van der Waals surface area (Å²) in [6, 6.07) is 6.53. The van der Waals surface area contributed by atoms with Crippen LogP contribution >= 0.6 is 34.6 Å². The maximum absolute atomic E-state index is 11.9. The molecule has 0 amide bonds. The minimum atomic E-state index is -4.88. The first-order valence-corrected chi connectivity index (χ1v) is 16.6. The van der Waals surface area contributed by atoms with Gasteiger partial charge in [-0.2, -0.15) is 0 Å². The van der Waals surface area contributed by atoms with Gasteiger partial charge in [-0.1, -0.05) is 41.6 Å². The summed E-state index contributed by atoms with van der Waals surface area (Å²) in [7, 11) is 1.22. The quantitative estimate of drug-likeness (QED) is 0.145. The second kappa shape index (κ2) is 19.4. The summed E-state index contributed by atoms with van der Waals surface area (Å²) in [6.45, 7) is 15.4. The summed E-state index contributed by atoms with van der Waals surface area (Å²) < 4.78 is 84.2. The van der Waals surface area contributed by atoms with Gasteiger partial charge in [-0.3, -0.25) is 0 Å². The predicted octanol–water partition coefficient (Wildman–Crippen LogP) is 8.44. The van der Waals surface area contributed by atoms with E-state index in [1.165, 1.54) is 36.2 Å². The van der Waals surface area contributed by atoms with Crippen molar-refractivity contribution in [3.05, 3.63) is 59.2 Å². The van der Waals surface area contributed by atoms with E-state index in [0.29, 0.717) is 0 Å². The average Bonchev–Trinajstić information content (AvgIpc) is 2.80. The summed E-state index contributed by atoms with van der Waals surface area (Å²) in [5, 5.41) is 8.97. The Kier molecular flexibility index (Phi) is 20.1. The Morgan fingerprint density at radius 1 is 0.857 bits per heavy atom. The van der Waals surface area contributed by atoms with Crippen LogP contribution in [0.4, 0.5) is 37.7 Å². The molecule has 2 rings (SSSR count). The van der Waals surface area contributed by atoms with Crippen molar-refractivity contribution in [2.45, 2.75) is 26.1 Å². The third kappa shape index (κ3) is 18.2. The molecule has 2 aromatic carbocycles. The van der Waals surface area contributed by atoms with E-state index >= 15 is 0 Å². The zero-order chi connectivity index (χ0) is 27.7. The van der Waals surface area contributed by atoms with Crippen molar-refractivity contribution in [2.24, 2.45) is 0 Å². The van der Waals surface area contributed by atoms with E-state index in [9.17, 15) is 26.3 Å². The molecule has 0 atom stereocenters. The molecule has 1 N–H and O–H groups in total. The molecule has 6 nitrogen and oxygen atoms in total. The number of ether oxygens (including phenoxy) is 3. The smallest absolute Gasteiger partial charge is 0.504 e. The fourth-order valence-electron chi connectivity index (χ4n) is 1.72. The van der Waals surface area contributed by atoms with Crippen LogP contribution in [-0.4, -0.2) is 29.4 Å². The molecule has 0 aromatic heterocycles. The molecule has 0 saturated heterocycles. The molecule has 0 heterocycles. The largest absolute Gasteiger partial charge is 0.573 e. The van der Waals surface area contributed by atoms with Gasteiger partial charge in [0.15, 0.2) is 34.4 Å². The van der Waals surface area contributed by atoms with Crippen molar-refractivity contribution in [3.63, 3.8) is 0 Å². The number of methoxy groups -OCH3 is 1. The minimum Gasteiger partial charge on any atom is -0.504 e. The molecule has 0 bridgehead atoms. The molecule has 196 valence electrons. The Bertz CT molecular complexity index is 978. The van der Waals surface area contributed by atoms with Gasteiger partial charge in [0, 0.05) is 0 Å². The third-order valence-corrected chi connectivity index (χ3v) is 4.07. The van der Waals surface area contributed by atoms with E-state index in [1.807, 2.05) is 0 Å². The molecular formula is C20H18F6I2N2O4Xe. The van der Waals surface area contributed by atoms with Gasteiger partial charge >= 0.3 is 65.2 Å². The van der Waals surface area contributed by atoms with E-state index in [-0.39, 0.29) is 17.1 Å². The van der Waals surface area contributed by atoms with Crippen LogP contribution in [0.1, 0.15) is 13.3 Å². The SMILES string of the molecule is CCCI.I[XeH].[C-]#[N+]c1ccc(O)c(OC(F)(F)F)c1.[C-]#[N+]c1ccc(OC)c(OC(F)(F)F)c1. The molecule has 0 spiro atoms. The number of hydrogen-bond acceptors (Lipinski definition) is 4. The molecule has 0 saturated carbocycles. The summed E-state index contributed by atoms with van der Waals surface area (Å²) >= 11 is 6.59. The summed E-state index contributed by atoms with van der Waals surface area (Å²) in [4.78, 5) is 5.88. The zero-order valence-corrected chi connectivity index (χ0v) is 24.3. The van der Waals surface area contributed by atoms with Crippen LogP contribution in [0.3, 0.4) is 0 Å². The van der Waals surface area contributed by atoms with Crippen LogP contribution in [0.15, 0.2) is 36.4 Å². The Morgan fingerprint density at radius 2 is 1.26 bits per heavy atom. The van der Waals surface area contributed by atoms with E-state index in [0.717, 1.165) is 18.2 Å². The summed E-state index contributed by atoms with van der Waals surface area (Å²) in [5.41, 5.74) is 0.0112. The summed E-state index contributed by atoms with van der Waals surface area (Å²) in [5.74, 6) is -2.01. The Balaban J connectivity index is 0. The molecule has 0 aliphatic carbocycles. The maximum Gasteiger partial charge on any atom is 0.573 e. The molecule has 15 heteroatoms. The number of alkyl halides is 7. The van der Waals surface area contributed by atoms with Crippen LogP contribution in [-0.2, 0) is 0 Å². The van der Waals surface area contributed by atoms with Crippen molar-refractivity contribution < 1.29 is 86.1 Å². The minimum absolute atomic E-state index is 0.0398. The number of aromatic hydroxyl groups is 1. The van der Waals surface area contributed by atoms with Gasteiger partial charge in [0.1, 0.15) is 0 Å². The van der Waals surface area contributed by atoms with Crippen molar-refractivity contribution in [3.8, 4) is 23.0 Å². The Labute approximate surface area is 248 Å². The summed E-state index contributed by atoms with van der Waals surface area (Å²) in [6.07, 6.45) is -8.37. The Morgan fingerprint density at radius 3 is 1.63 bits per heavy atom. The maximum atomic E-state index is 11.9. The molecule has 0 aliphatic rings. The number of rotatable bonds is 4. The average molecular weight is 849 g/mol. The van der Waals surface area contributed by atoms with Crippen molar-refractivity contribution in [1.82, 2.24) is 0 Å². The Hall–Kier alpha value is -0.769. The normalized spacial score (nSPS) is 9.89. The van der Waals surface area contributed by atoms with E-state index in [1.54, 1.807) is 0 Å². The van der Waals surface area contributed by atoms with Gasteiger partial charge in [0.25, 0.3) is 0 Å². The first kappa shape index (κ1) is 36.4. The second-order valence-corrected chi connectivity index (χ2v) is 6.57. The molecule has 35 heavy (non-hydrogen) atoms. The first-order chi connectivity index (χ1) is 16.3. The third-order valence-electron chi connectivity index (χ3n) is 2.99. The van der Waals surface area contributed by atoms with Gasteiger partial charge in [0.2, 0.25) is 0 Å². The number of benzene rings is 2. The van der Waals surface area contributed by atoms with Crippen LogP contribution in [0, 0.1) is 53.6 Å². The topological polar surface area (TPSA) is 56.6 Å². The van der Waals surface area contributed by atoms with E-state index in [2.05, 4.69) is 106 Å². The van der Waals surface area contributed by atoms with Crippen molar-refractivity contribution >= 4 is 45.9 Å². The molecule has 0 aliphatic heterocycles. The number of phenols is 1. The number of halogens is 8. The van der Waals surface area contributed by atoms with Crippen LogP contribution < -0.4 is 14.2 Å². The predicted molar refractivity (Wildman–Crippen MR) is 132 cm³/mol. The fourth-order valence-corrected chi connectivity index (χ4v) is 1.72. The van der Waals surface area contributed by atoms with Crippen LogP contribution in [0.25, 0.3) is 9.69 Å². The molecule has 0 fully saturated rings. The van der Waals surface area contributed by atoms with Gasteiger partial charge in [-0.05, 0) is 35.1 Å². The van der Waals surface area contributed by atoms with Crippen LogP contribution in [0.2, 0.25) is 0 Å².